The summed E-state index contributed by atoms with van der Waals surface area (Å²) >= 11 is 0. The van der Waals surface area contributed by atoms with E-state index in [9.17, 15) is 30.3 Å². The number of benzene rings is 1. The van der Waals surface area contributed by atoms with Crippen LogP contribution in [0.1, 0.15) is 5.69 Å². The van der Waals surface area contributed by atoms with Gasteiger partial charge in [0.15, 0.2) is 5.95 Å². The number of nitrogens with two attached hydrogens (primary N) is 1. The number of nitro groups is 3. The Kier molecular flexibility index (Phi) is 6.49. The van der Waals surface area contributed by atoms with Crippen LogP contribution in [0.3, 0.4) is 0 Å². The molecule has 1 aromatic carbocycles. The van der Waals surface area contributed by atoms with Crippen LogP contribution >= 0.6 is 0 Å². The van der Waals surface area contributed by atoms with Crippen LogP contribution in [0.25, 0.3) is 0 Å². The average Bonchev–Trinajstić information content (AvgIpc) is 2.87. The lowest BCUT2D eigenvalue weighted by Crippen LogP contribution is -2.07. The highest BCUT2D eigenvalue weighted by Gasteiger charge is 2.30. The maximum absolute atomic E-state index is 10.4. The van der Waals surface area contributed by atoms with Gasteiger partial charge in [0.2, 0.25) is 0 Å². The summed E-state index contributed by atoms with van der Waals surface area (Å²) < 4.78 is 1.76. The summed E-state index contributed by atoms with van der Waals surface area (Å²) in [6, 6.07) is 0.894. The van der Waals surface area contributed by atoms with Gasteiger partial charge < -0.3 is 20.5 Å². The number of aliphatic hydroxyl groups is 1. The second-order valence-corrected chi connectivity index (χ2v) is 4.74. The van der Waals surface area contributed by atoms with Crippen molar-refractivity contribution in [1.82, 2.24) is 9.55 Å². The largest absolute Gasteiger partial charge is 0.497 e. The van der Waals surface area contributed by atoms with Crippen molar-refractivity contribution in [3.05, 3.63) is 54.4 Å². The molecule has 0 fully saturated rings. The van der Waals surface area contributed by atoms with Crippen molar-refractivity contribution in [2.24, 2.45) is 0 Å². The zero-order valence-electron chi connectivity index (χ0n) is 13.3. The Hall–Kier alpha value is -3.81. The van der Waals surface area contributed by atoms with Crippen molar-refractivity contribution in [3.8, 4) is 5.75 Å². The monoisotopic (exact) mass is 370 g/mol. The number of aromatic hydroxyl groups is 1. The molecule has 26 heavy (non-hydrogen) atoms. The number of hydrogen-bond donors (Lipinski definition) is 3. The van der Waals surface area contributed by atoms with E-state index in [1.807, 2.05) is 6.92 Å². The molecule has 0 amide bonds. The highest BCUT2D eigenvalue weighted by atomic mass is 16.6. The van der Waals surface area contributed by atoms with E-state index in [0.717, 1.165) is 5.69 Å². The highest BCUT2D eigenvalue weighted by molar-refractivity contribution is 5.64. The molecule has 0 bridgehead atoms. The predicted octanol–water partition coefficient (Wildman–Crippen LogP) is 0.883. The van der Waals surface area contributed by atoms with E-state index in [0.29, 0.717) is 24.6 Å². The van der Waals surface area contributed by atoms with Gasteiger partial charge in [0.25, 0.3) is 11.4 Å². The lowest BCUT2D eigenvalue weighted by molar-refractivity contribution is -0.404. The van der Waals surface area contributed by atoms with E-state index in [1.54, 1.807) is 10.8 Å². The molecule has 0 aliphatic carbocycles. The van der Waals surface area contributed by atoms with Crippen LogP contribution in [0.5, 0.6) is 5.75 Å². The molecule has 140 valence electrons. The topological polar surface area (TPSA) is 214 Å². The molecular weight excluding hydrogens is 356 g/mol. The van der Waals surface area contributed by atoms with Gasteiger partial charge in [-0.15, -0.1) is 0 Å². The Morgan fingerprint density at radius 2 is 1.62 bits per heavy atom. The fourth-order valence-corrected chi connectivity index (χ4v) is 1.84. The third kappa shape index (κ3) is 4.60. The summed E-state index contributed by atoms with van der Waals surface area (Å²) in [6.07, 6.45) is 1.69. The van der Waals surface area contributed by atoms with Crippen LogP contribution in [-0.2, 0) is 6.54 Å². The number of phenolic OH excluding ortho intramolecular Hbond substituents is 1. The standard InChI is InChI=1S/C6H3N3O7.C6H11N3O/c10-6-4(8(13)14)1-3(7(11)12)2-5(6)9(15)16;1-5-4-8-6(7)9(5)2-3-10/h1-2,10H;4,10H,2-3H2,1H3,(H2,7,8). The second kappa shape index (κ2) is 8.34. The smallest absolute Gasteiger partial charge is 0.324 e. The summed E-state index contributed by atoms with van der Waals surface area (Å²) in [7, 11) is 0. The van der Waals surface area contributed by atoms with Crippen LogP contribution < -0.4 is 5.73 Å². The van der Waals surface area contributed by atoms with Gasteiger partial charge >= 0.3 is 11.4 Å². The first-order chi connectivity index (χ1) is 12.1. The molecule has 14 heteroatoms. The lowest BCUT2D eigenvalue weighted by atomic mass is 10.2. The van der Waals surface area contributed by atoms with Gasteiger partial charge in [0.05, 0.1) is 39.7 Å². The molecule has 0 radical (unpaired) electrons. The van der Waals surface area contributed by atoms with E-state index in [2.05, 4.69) is 4.98 Å². The highest BCUT2D eigenvalue weighted by Crippen LogP contribution is 2.38. The number of anilines is 1. The molecule has 0 spiro atoms. The number of rotatable bonds is 5. The number of imidazole rings is 1. The zero-order chi connectivity index (χ0) is 20.0. The van der Waals surface area contributed by atoms with Crippen LogP contribution in [0, 0.1) is 37.3 Å². The summed E-state index contributed by atoms with van der Waals surface area (Å²) in [6.45, 7) is 2.53. The first-order valence-electron chi connectivity index (χ1n) is 6.78. The van der Waals surface area contributed by atoms with E-state index in [-0.39, 0.29) is 6.61 Å². The number of non-ortho nitro benzene ring substituents is 1. The van der Waals surface area contributed by atoms with E-state index < -0.39 is 37.6 Å². The lowest BCUT2D eigenvalue weighted by Gasteiger charge is -2.02. The molecule has 2 aromatic rings. The number of aromatic nitrogens is 2. The molecule has 1 heterocycles. The van der Waals surface area contributed by atoms with Crippen molar-refractivity contribution in [3.63, 3.8) is 0 Å². The van der Waals surface area contributed by atoms with Crippen LogP contribution in [0.15, 0.2) is 18.3 Å². The molecule has 4 N–H and O–H groups in total. The molecule has 0 atom stereocenters. The number of phenols is 1. The van der Waals surface area contributed by atoms with Crippen molar-refractivity contribution < 1.29 is 25.0 Å². The number of hydrogen-bond acceptors (Lipinski definition) is 10. The SMILES string of the molecule is Cc1cnc(N)n1CCO.O=[N+]([O-])c1cc([N+](=O)[O-])c(O)c([N+](=O)[O-])c1. The quantitative estimate of drug-likeness (QED) is 0.498. The Morgan fingerprint density at radius 1 is 1.12 bits per heavy atom. The minimum absolute atomic E-state index is 0.0986. The Morgan fingerprint density at radius 3 is 1.92 bits per heavy atom. The maximum atomic E-state index is 10.4. The fourth-order valence-electron chi connectivity index (χ4n) is 1.84. The van der Waals surface area contributed by atoms with Crippen LogP contribution in [0.4, 0.5) is 23.0 Å². The summed E-state index contributed by atoms with van der Waals surface area (Å²) in [4.78, 5) is 31.6. The number of nitrogens with zero attached hydrogens (tertiary/aromatic N) is 5. The van der Waals surface area contributed by atoms with Gasteiger partial charge in [-0.3, -0.25) is 30.3 Å². The zero-order valence-corrected chi connectivity index (χ0v) is 13.3. The van der Waals surface area contributed by atoms with E-state index in [4.69, 9.17) is 15.9 Å². The first kappa shape index (κ1) is 20.2. The van der Waals surface area contributed by atoms with Gasteiger partial charge in [-0.1, -0.05) is 0 Å². The normalized spacial score (nSPS) is 9.92. The number of nitro benzene ring substituents is 3. The van der Waals surface area contributed by atoms with Crippen molar-refractivity contribution in [2.45, 2.75) is 13.5 Å². The van der Waals surface area contributed by atoms with Crippen molar-refractivity contribution >= 4 is 23.0 Å². The molecule has 1 aromatic heterocycles. The van der Waals surface area contributed by atoms with Gasteiger partial charge in [-0.05, 0) is 6.92 Å². The molecule has 0 saturated carbocycles. The van der Waals surface area contributed by atoms with Crippen LogP contribution in [0.2, 0.25) is 0 Å². The Labute approximate surface area is 144 Å². The van der Waals surface area contributed by atoms with Crippen LogP contribution in [-0.4, -0.2) is 41.1 Å². The minimum Gasteiger partial charge on any atom is -0.497 e. The first-order valence-corrected chi connectivity index (χ1v) is 6.78. The third-order valence-corrected chi connectivity index (χ3v) is 3.07. The average molecular weight is 370 g/mol. The molecule has 0 unspecified atom stereocenters. The van der Waals surface area contributed by atoms with E-state index in [1.165, 1.54) is 0 Å². The molecular formula is C12H14N6O8. The number of nitrogen functional groups attached to an aromatic ring is 1. The summed E-state index contributed by atoms with van der Waals surface area (Å²) in [5.74, 6) is -0.743. The van der Waals surface area contributed by atoms with Gasteiger partial charge in [0, 0.05) is 12.2 Å². The minimum atomic E-state index is -1.21. The second-order valence-electron chi connectivity index (χ2n) is 4.74. The van der Waals surface area contributed by atoms with Gasteiger partial charge in [0.1, 0.15) is 0 Å². The molecule has 2 rings (SSSR count). The van der Waals surface area contributed by atoms with E-state index >= 15 is 0 Å². The van der Waals surface area contributed by atoms with Gasteiger partial charge in [-0.25, -0.2) is 4.98 Å². The Bertz CT molecular complexity index is 794. The number of aliphatic hydroxyl groups excluding tert-OH is 1. The fraction of sp³-hybridized carbons (Fsp3) is 0.250. The number of aryl methyl sites for hydroxylation is 1. The van der Waals surface area contributed by atoms with Crippen molar-refractivity contribution in [2.75, 3.05) is 12.3 Å². The maximum Gasteiger partial charge on any atom is 0.324 e. The predicted molar refractivity (Wildman–Crippen MR) is 86.5 cm³/mol. The summed E-state index contributed by atoms with van der Waals surface area (Å²) in [5, 5.41) is 48.8. The molecule has 14 nitrogen and oxygen atoms in total. The van der Waals surface area contributed by atoms with Gasteiger partial charge in [-0.2, -0.15) is 0 Å². The van der Waals surface area contributed by atoms with Crippen molar-refractivity contribution in [1.29, 1.82) is 0 Å². The summed E-state index contributed by atoms with van der Waals surface area (Å²) in [5.41, 5.74) is 3.44. The molecule has 0 saturated heterocycles. The Balaban J connectivity index is 0.000000289. The third-order valence-electron chi connectivity index (χ3n) is 3.07. The molecule has 0 aliphatic rings. The molecule has 0 aliphatic heterocycles.